The average Bonchev–Trinajstić information content (AvgIpc) is 2.75. The number of piperidine rings is 1. The Bertz CT molecular complexity index is 786. The van der Waals surface area contributed by atoms with Crippen molar-refractivity contribution < 1.29 is 14.3 Å². The Kier molecular flexibility index (Phi) is 6.00. The van der Waals surface area contributed by atoms with Gasteiger partial charge in [0.15, 0.2) is 11.5 Å². The van der Waals surface area contributed by atoms with Gasteiger partial charge in [-0.25, -0.2) is 0 Å². The van der Waals surface area contributed by atoms with Gasteiger partial charge in [-0.3, -0.25) is 4.79 Å². The maximum absolute atomic E-state index is 12.5. The first-order valence-electron chi connectivity index (χ1n) is 10.2. The summed E-state index contributed by atoms with van der Waals surface area (Å²) < 4.78 is 11.1. The largest absolute Gasteiger partial charge is 0.486 e. The molecule has 0 unspecified atom stereocenters. The zero-order chi connectivity index (χ0) is 19.2. The van der Waals surface area contributed by atoms with Crippen LogP contribution in [0.5, 0.6) is 11.5 Å². The molecule has 148 valence electrons. The van der Waals surface area contributed by atoms with Crippen LogP contribution in [0.15, 0.2) is 48.5 Å². The number of likely N-dealkylation sites (tertiary alicyclic amines) is 1. The Morgan fingerprint density at radius 1 is 1.00 bits per heavy atom. The molecule has 2 heterocycles. The van der Waals surface area contributed by atoms with Gasteiger partial charge >= 0.3 is 0 Å². The fourth-order valence-electron chi connectivity index (χ4n) is 3.96. The van der Waals surface area contributed by atoms with Crippen LogP contribution in [0.25, 0.3) is 0 Å². The standard InChI is InChI=1S/C23H28N2O3/c26-23(8-11-24-20-6-7-21-22(17-20)28-15-14-27-21)25-12-9-19(10-13-25)16-18-4-2-1-3-5-18/h1-7,17,19,24H,8-16H2. The number of amides is 1. The molecule has 5 heteroatoms. The quantitative estimate of drug-likeness (QED) is 0.829. The highest BCUT2D eigenvalue weighted by Crippen LogP contribution is 2.32. The predicted molar refractivity (Wildman–Crippen MR) is 110 cm³/mol. The number of rotatable bonds is 6. The van der Waals surface area contributed by atoms with Crippen LogP contribution in [-0.2, 0) is 11.2 Å². The summed E-state index contributed by atoms with van der Waals surface area (Å²) in [4.78, 5) is 14.5. The van der Waals surface area contributed by atoms with E-state index in [1.165, 1.54) is 5.56 Å². The second-order valence-electron chi connectivity index (χ2n) is 7.55. The zero-order valence-electron chi connectivity index (χ0n) is 16.2. The number of carbonyl (C=O) groups is 1. The Morgan fingerprint density at radius 3 is 2.54 bits per heavy atom. The molecule has 0 radical (unpaired) electrons. The lowest BCUT2D eigenvalue weighted by Gasteiger charge is -2.32. The Hall–Kier alpha value is -2.69. The van der Waals surface area contributed by atoms with Gasteiger partial charge in [-0.2, -0.15) is 0 Å². The first-order chi connectivity index (χ1) is 13.8. The molecular formula is C23H28N2O3. The normalized spacial score (nSPS) is 16.6. The molecule has 1 saturated heterocycles. The minimum atomic E-state index is 0.239. The van der Waals surface area contributed by atoms with Crippen LogP contribution in [0, 0.1) is 5.92 Å². The Morgan fingerprint density at radius 2 is 1.75 bits per heavy atom. The van der Waals surface area contributed by atoms with E-state index in [2.05, 4.69) is 35.6 Å². The molecule has 1 fully saturated rings. The van der Waals surface area contributed by atoms with Crippen LogP contribution >= 0.6 is 0 Å². The molecule has 28 heavy (non-hydrogen) atoms. The number of nitrogens with one attached hydrogen (secondary N) is 1. The van der Waals surface area contributed by atoms with Gasteiger partial charge in [0.2, 0.25) is 5.91 Å². The van der Waals surface area contributed by atoms with E-state index in [1.54, 1.807) is 0 Å². The van der Waals surface area contributed by atoms with Crippen molar-refractivity contribution in [3.8, 4) is 11.5 Å². The van der Waals surface area contributed by atoms with Gasteiger partial charge < -0.3 is 19.7 Å². The molecule has 0 atom stereocenters. The number of benzene rings is 2. The van der Waals surface area contributed by atoms with E-state index in [-0.39, 0.29) is 5.91 Å². The summed E-state index contributed by atoms with van der Waals surface area (Å²) in [7, 11) is 0. The van der Waals surface area contributed by atoms with Gasteiger partial charge in [0.25, 0.3) is 0 Å². The molecule has 0 aliphatic carbocycles. The molecule has 0 bridgehead atoms. The molecule has 0 aromatic heterocycles. The zero-order valence-corrected chi connectivity index (χ0v) is 16.2. The first-order valence-corrected chi connectivity index (χ1v) is 10.2. The molecule has 5 nitrogen and oxygen atoms in total. The van der Waals surface area contributed by atoms with Gasteiger partial charge in [-0.05, 0) is 42.9 Å². The molecular weight excluding hydrogens is 352 g/mol. The van der Waals surface area contributed by atoms with Crippen molar-refractivity contribution in [2.24, 2.45) is 5.92 Å². The van der Waals surface area contributed by atoms with Crippen LogP contribution in [-0.4, -0.2) is 43.7 Å². The molecule has 2 aliphatic heterocycles. The summed E-state index contributed by atoms with van der Waals surface area (Å²) in [6.07, 6.45) is 3.82. The number of hydrogen-bond donors (Lipinski definition) is 1. The van der Waals surface area contributed by atoms with Gasteiger partial charge in [-0.15, -0.1) is 0 Å². The molecule has 2 aromatic rings. The highest BCUT2D eigenvalue weighted by Gasteiger charge is 2.22. The molecule has 2 aromatic carbocycles. The summed E-state index contributed by atoms with van der Waals surface area (Å²) in [5.41, 5.74) is 2.36. The maximum atomic E-state index is 12.5. The number of anilines is 1. The van der Waals surface area contributed by atoms with Gasteiger partial charge in [0.1, 0.15) is 13.2 Å². The smallest absolute Gasteiger partial charge is 0.224 e. The second kappa shape index (κ2) is 9.00. The Balaban J connectivity index is 1.19. The summed E-state index contributed by atoms with van der Waals surface area (Å²) in [5, 5.41) is 3.32. The van der Waals surface area contributed by atoms with E-state index >= 15 is 0 Å². The predicted octanol–water partition coefficient (Wildman–Crippen LogP) is 3.74. The van der Waals surface area contributed by atoms with E-state index in [4.69, 9.17) is 9.47 Å². The minimum Gasteiger partial charge on any atom is -0.486 e. The van der Waals surface area contributed by atoms with E-state index in [0.29, 0.717) is 32.1 Å². The number of nitrogens with zero attached hydrogens (tertiary/aromatic N) is 1. The SMILES string of the molecule is O=C(CCNc1ccc2c(c1)OCCO2)N1CCC(Cc2ccccc2)CC1. The molecule has 4 rings (SSSR count). The van der Waals surface area contributed by atoms with E-state index in [0.717, 1.165) is 49.5 Å². The van der Waals surface area contributed by atoms with Gasteiger partial charge in [-0.1, -0.05) is 30.3 Å². The highest BCUT2D eigenvalue weighted by molar-refractivity contribution is 5.76. The third-order valence-electron chi connectivity index (χ3n) is 5.54. The van der Waals surface area contributed by atoms with Crippen molar-refractivity contribution in [1.29, 1.82) is 0 Å². The van der Waals surface area contributed by atoms with E-state index < -0.39 is 0 Å². The van der Waals surface area contributed by atoms with Crippen LogP contribution < -0.4 is 14.8 Å². The van der Waals surface area contributed by atoms with Crippen LogP contribution in [0.3, 0.4) is 0 Å². The summed E-state index contributed by atoms with van der Waals surface area (Å²) >= 11 is 0. The number of fused-ring (bicyclic) bond motifs is 1. The number of ether oxygens (including phenoxy) is 2. The van der Waals surface area contributed by atoms with Crippen molar-refractivity contribution >= 4 is 11.6 Å². The van der Waals surface area contributed by atoms with Crippen molar-refractivity contribution in [3.63, 3.8) is 0 Å². The third-order valence-corrected chi connectivity index (χ3v) is 5.54. The van der Waals surface area contributed by atoms with Crippen molar-refractivity contribution in [2.45, 2.75) is 25.7 Å². The van der Waals surface area contributed by atoms with Gasteiger partial charge in [0, 0.05) is 37.8 Å². The maximum Gasteiger partial charge on any atom is 0.224 e. The van der Waals surface area contributed by atoms with Crippen LogP contribution in [0.4, 0.5) is 5.69 Å². The fraction of sp³-hybridized carbons (Fsp3) is 0.435. The second-order valence-corrected chi connectivity index (χ2v) is 7.55. The van der Waals surface area contributed by atoms with Crippen molar-refractivity contribution in [3.05, 3.63) is 54.1 Å². The monoisotopic (exact) mass is 380 g/mol. The average molecular weight is 380 g/mol. The van der Waals surface area contributed by atoms with Gasteiger partial charge in [0.05, 0.1) is 0 Å². The fourth-order valence-corrected chi connectivity index (χ4v) is 3.96. The summed E-state index contributed by atoms with van der Waals surface area (Å²) in [5.74, 6) is 2.47. The lowest BCUT2D eigenvalue weighted by atomic mass is 9.90. The molecule has 0 spiro atoms. The highest BCUT2D eigenvalue weighted by atomic mass is 16.6. The van der Waals surface area contributed by atoms with Crippen LogP contribution in [0.1, 0.15) is 24.8 Å². The lowest BCUT2D eigenvalue weighted by Crippen LogP contribution is -2.39. The molecule has 2 aliphatic rings. The first kappa shape index (κ1) is 18.7. The lowest BCUT2D eigenvalue weighted by molar-refractivity contribution is -0.132. The van der Waals surface area contributed by atoms with Crippen LogP contribution in [0.2, 0.25) is 0 Å². The molecule has 1 N–H and O–H groups in total. The van der Waals surface area contributed by atoms with E-state index in [1.807, 2.05) is 23.1 Å². The van der Waals surface area contributed by atoms with Crippen molar-refractivity contribution in [1.82, 2.24) is 4.90 Å². The molecule has 0 saturated carbocycles. The third kappa shape index (κ3) is 4.77. The number of hydrogen-bond acceptors (Lipinski definition) is 4. The Labute approximate surface area is 166 Å². The van der Waals surface area contributed by atoms with Crippen molar-refractivity contribution in [2.75, 3.05) is 38.2 Å². The minimum absolute atomic E-state index is 0.239. The number of carbonyl (C=O) groups excluding carboxylic acids is 1. The summed E-state index contributed by atoms with van der Waals surface area (Å²) in [6, 6.07) is 16.5. The topological polar surface area (TPSA) is 50.8 Å². The molecule has 1 amide bonds. The van der Waals surface area contributed by atoms with E-state index in [9.17, 15) is 4.79 Å². The summed E-state index contributed by atoms with van der Waals surface area (Å²) in [6.45, 7) is 3.55.